The van der Waals surface area contributed by atoms with Crippen LogP contribution in [0.3, 0.4) is 0 Å². The van der Waals surface area contributed by atoms with E-state index in [9.17, 15) is 0 Å². The van der Waals surface area contributed by atoms with Gasteiger partial charge in [0.05, 0.1) is 5.69 Å². The van der Waals surface area contributed by atoms with Gasteiger partial charge in [0.1, 0.15) is 0 Å². The van der Waals surface area contributed by atoms with E-state index in [1.807, 2.05) is 12.3 Å². The van der Waals surface area contributed by atoms with Crippen molar-refractivity contribution in [2.45, 2.75) is 65.6 Å². The molecule has 0 saturated heterocycles. The average molecular weight is 289 g/mol. The quantitative estimate of drug-likeness (QED) is 0.869. The van der Waals surface area contributed by atoms with Crippen molar-refractivity contribution < 1.29 is 0 Å². The zero-order valence-electron chi connectivity index (χ0n) is 14.1. The van der Waals surface area contributed by atoms with Crippen LogP contribution in [-0.2, 0) is 6.54 Å². The summed E-state index contributed by atoms with van der Waals surface area (Å²) in [6.45, 7) is 12.4. The number of hydrogen-bond acceptors (Lipinski definition) is 3. The summed E-state index contributed by atoms with van der Waals surface area (Å²) >= 11 is 0. The van der Waals surface area contributed by atoms with Crippen molar-refractivity contribution in [1.29, 1.82) is 0 Å². The van der Waals surface area contributed by atoms with Crippen molar-refractivity contribution in [2.24, 2.45) is 5.41 Å². The summed E-state index contributed by atoms with van der Waals surface area (Å²) in [5, 5.41) is 3.71. The van der Waals surface area contributed by atoms with E-state index in [1.165, 1.54) is 25.0 Å². The number of rotatable bonds is 6. The lowest BCUT2D eigenvalue weighted by molar-refractivity contribution is 0.0629. The van der Waals surface area contributed by atoms with Crippen molar-refractivity contribution >= 4 is 0 Å². The second-order valence-corrected chi connectivity index (χ2v) is 7.02. The third-order valence-corrected chi connectivity index (χ3v) is 4.79. The number of likely N-dealkylation sites (N-methyl/N-ethyl adjacent to an activating group) is 2. The molecule has 2 atom stereocenters. The molecule has 1 aromatic rings. The lowest BCUT2D eigenvalue weighted by Gasteiger charge is -2.46. The molecule has 3 heteroatoms. The number of nitrogens with zero attached hydrogens (tertiary/aromatic N) is 2. The maximum Gasteiger partial charge on any atom is 0.0544 e. The number of nitrogens with one attached hydrogen (secondary N) is 1. The Morgan fingerprint density at radius 1 is 1.33 bits per heavy atom. The molecule has 118 valence electrons. The first-order valence-corrected chi connectivity index (χ1v) is 8.43. The van der Waals surface area contributed by atoms with Gasteiger partial charge >= 0.3 is 0 Å². The Kier molecular flexibility index (Phi) is 5.77. The van der Waals surface area contributed by atoms with Gasteiger partial charge in [-0.05, 0) is 49.9 Å². The summed E-state index contributed by atoms with van der Waals surface area (Å²) in [4.78, 5) is 7.11. The molecule has 1 aliphatic carbocycles. The third-order valence-electron chi connectivity index (χ3n) is 4.79. The molecule has 0 radical (unpaired) electrons. The standard InChI is InChI=1S/C18H31N3/c1-5-19-16-10-11-18(3,4)13-17(16)21(6-2)14-15-9-7-8-12-20-15/h7-9,12,16-17,19H,5-6,10-11,13-14H2,1-4H3. The van der Waals surface area contributed by atoms with E-state index in [4.69, 9.17) is 0 Å². The molecule has 1 fully saturated rings. The Hall–Kier alpha value is -0.930. The summed E-state index contributed by atoms with van der Waals surface area (Å²) in [6, 6.07) is 7.44. The molecule has 1 aromatic heterocycles. The fourth-order valence-corrected chi connectivity index (χ4v) is 3.60. The Labute approximate surface area is 130 Å². The van der Waals surface area contributed by atoms with Crippen LogP contribution in [0.15, 0.2) is 24.4 Å². The normalized spacial score (nSPS) is 25.2. The Morgan fingerprint density at radius 2 is 2.14 bits per heavy atom. The van der Waals surface area contributed by atoms with Crippen LogP contribution >= 0.6 is 0 Å². The van der Waals surface area contributed by atoms with E-state index in [0.717, 1.165) is 19.6 Å². The first-order valence-electron chi connectivity index (χ1n) is 8.43. The topological polar surface area (TPSA) is 28.2 Å². The molecule has 21 heavy (non-hydrogen) atoms. The first kappa shape index (κ1) is 16.4. The molecule has 0 aromatic carbocycles. The SMILES string of the molecule is CCNC1CCC(C)(C)CC1N(CC)Cc1ccccn1. The van der Waals surface area contributed by atoms with Crippen LogP contribution in [0.2, 0.25) is 0 Å². The van der Waals surface area contributed by atoms with Gasteiger partial charge in [0, 0.05) is 24.8 Å². The lowest BCUT2D eigenvalue weighted by atomic mass is 9.72. The number of aromatic nitrogens is 1. The predicted octanol–water partition coefficient (Wildman–Crippen LogP) is 3.46. The summed E-state index contributed by atoms with van der Waals surface area (Å²) in [6.07, 6.45) is 5.77. The van der Waals surface area contributed by atoms with Crippen molar-refractivity contribution in [2.75, 3.05) is 13.1 Å². The zero-order valence-corrected chi connectivity index (χ0v) is 14.1. The summed E-state index contributed by atoms with van der Waals surface area (Å²) in [5.74, 6) is 0. The Bertz CT molecular complexity index is 416. The minimum absolute atomic E-state index is 0.453. The van der Waals surface area contributed by atoms with Gasteiger partial charge in [-0.25, -0.2) is 0 Å². The van der Waals surface area contributed by atoms with Crippen molar-refractivity contribution in [3.63, 3.8) is 0 Å². The molecule has 0 amide bonds. The van der Waals surface area contributed by atoms with E-state index >= 15 is 0 Å². The summed E-state index contributed by atoms with van der Waals surface area (Å²) in [7, 11) is 0. The van der Waals surface area contributed by atoms with Crippen LogP contribution in [0, 0.1) is 5.41 Å². The minimum atomic E-state index is 0.453. The predicted molar refractivity (Wildman–Crippen MR) is 89.2 cm³/mol. The molecular formula is C18H31N3. The van der Waals surface area contributed by atoms with Gasteiger partial charge in [-0.3, -0.25) is 9.88 Å². The van der Waals surface area contributed by atoms with Crippen LogP contribution in [0.5, 0.6) is 0 Å². The van der Waals surface area contributed by atoms with Gasteiger partial charge in [0.2, 0.25) is 0 Å². The molecule has 2 unspecified atom stereocenters. The molecule has 0 spiro atoms. The molecule has 1 heterocycles. The van der Waals surface area contributed by atoms with Crippen LogP contribution in [0.1, 0.15) is 52.7 Å². The maximum absolute atomic E-state index is 4.51. The largest absolute Gasteiger partial charge is 0.313 e. The number of pyridine rings is 1. The van der Waals surface area contributed by atoms with Gasteiger partial charge in [0.25, 0.3) is 0 Å². The highest BCUT2D eigenvalue weighted by Crippen LogP contribution is 2.37. The van der Waals surface area contributed by atoms with E-state index in [1.54, 1.807) is 0 Å². The summed E-state index contributed by atoms with van der Waals surface area (Å²) in [5.41, 5.74) is 1.63. The number of hydrogen-bond donors (Lipinski definition) is 1. The molecule has 1 N–H and O–H groups in total. The Balaban J connectivity index is 2.11. The Morgan fingerprint density at radius 3 is 2.76 bits per heavy atom. The van der Waals surface area contributed by atoms with Crippen LogP contribution in [0.25, 0.3) is 0 Å². The van der Waals surface area contributed by atoms with E-state index < -0.39 is 0 Å². The van der Waals surface area contributed by atoms with Gasteiger partial charge in [-0.15, -0.1) is 0 Å². The molecule has 1 saturated carbocycles. The van der Waals surface area contributed by atoms with Crippen LogP contribution < -0.4 is 5.32 Å². The lowest BCUT2D eigenvalue weighted by Crippen LogP contribution is -2.54. The molecule has 2 rings (SSSR count). The fourth-order valence-electron chi connectivity index (χ4n) is 3.60. The van der Waals surface area contributed by atoms with Crippen molar-refractivity contribution in [1.82, 2.24) is 15.2 Å². The summed E-state index contributed by atoms with van der Waals surface area (Å²) < 4.78 is 0. The fraction of sp³-hybridized carbons (Fsp3) is 0.722. The second-order valence-electron chi connectivity index (χ2n) is 7.02. The smallest absolute Gasteiger partial charge is 0.0544 e. The molecule has 3 nitrogen and oxygen atoms in total. The first-order chi connectivity index (χ1) is 10.1. The van der Waals surface area contributed by atoms with Gasteiger partial charge < -0.3 is 5.32 Å². The van der Waals surface area contributed by atoms with Crippen molar-refractivity contribution in [3.8, 4) is 0 Å². The highest BCUT2D eigenvalue weighted by Gasteiger charge is 2.37. The molecule has 0 bridgehead atoms. The average Bonchev–Trinajstić information content (AvgIpc) is 2.48. The van der Waals surface area contributed by atoms with E-state index in [2.05, 4.69) is 55.0 Å². The maximum atomic E-state index is 4.51. The van der Waals surface area contributed by atoms with Gasteiger partial charge in [0.15, 0.2) is 0 Å². The van der Waals surface area contributed by atoms with Crippen LogP contribution in [0.4, 0.5) is 0 Å². The highest BCUT2D eigenvalue weighted by molar-refractivity contribution is 5.04. The van der Waals surface area contributed by atoms with Gasteiger partial charge in [-0.1, -0.05) is 33.8 Å². The van der Waals surface area contributed by atoms with E-state index in [0.29, 0.717) is 17.5 Å². The molecule has 0 aliphatic heterocycles. The van der Waals surface area contributed by atoms with E-state index in [-0.39, 0.29) is 0 Å². The van der Waals surface area contributed by atoms with Crippen molar-refractivity contribution in [3.05, 3.63) is 30.1 Å². The minimum Gasteiger partial charge on any atom is -0.313 e. The third kappa shape index (κ3) is 4.52. The highest BCUT2D eigenvalue weighted by atomic mass is 15.2. The second kappa shape index (κ2) is 7.37. The molecule has 1 aliphatic rings. The molecular weight excluding hydrogens is 258 g/mol. The van der Waals surface area contributed by atoms with Crippen LogP contribution in [-0.4, -0.2) is 35.1 Å². The van der Waals surface area contributed by atoms with Gasteiger partial charge in [-0.2, -0.15) is 0 Å². The zero-order chi connectivity index (χ0) is 15.3. The monoisotopic (exact) mass is 289 g/mol.